The molecule has 1 rings (SSSR count). The Labute approximate surface area is 114 Å². The first-order valence-corrected chi connectivity index (χ1v) is 6.42. The van der Waals surface area contributed by atoms with Gasteiger partial charge in [0.2, 0.25) is 0 Å². The number of non-ortho nitro benzene ring substituents is 1. The lowest BCUT2D eigenvalue weighted by molar-refractivity contribution is -0.384. The molecule has 0 aliphatic heterocycles. The van der Waals surface area contributed by atoms with Crippen LogP contribution in [0.4, 0.5) is 5.69 Å². The SMILES string of the molecule is Cc1ccc([N+](=O)[O-])cc1OCCCNC(C)(C)C. The van der Waals surface area contributed by atoms with Crippen LogP contribution in [-0.2, 0) is 0 Å². The average Bonchev–Trinajstić information content (AvgIpc) is 2.29. The van der Waals surface area contributed by atoms with E-state index in [9.17, 15) is 10.1 Å². The van der Waals surface area contributed by atoms with Crippen molar-refractivity contribution in [1.82, 2.24) is 5.32 Å². The number of rotatable bonds is 6. The number of nitrogens with one attached hydrogen (secondary N) is 1. The third-order valence-electron chi connectivity index (χ3n) is 2.62. The molecule has 1 N–H and O–H groups in total. The number of aryl methyl sites for hydroxylation is 1. The molecule has 5 nitrogen and oxygen atoms in total. The quantitative estimate of drug-likeness (QED) is 0.488. The largest absolute Gasteiger partial charge is 0.493 e. The number of ether oxygens (including phenoxy) is 1. The number of nitro benzene ring substituents is 1. The van der Waals surface area contributed by atoms with Crippen molar-refractivity contribution in [1.29, 1.82) is 0 Å². The van der Waals surface area contributed by atoms with E-state index in [4.69, 9.17) is 4.74 Å². The molecule has 0 heterocycles. The molecule has 0 spiro atoms. The molecule has 0 aliphatic carbocycles. The van der Waals surface area contributed by atoms with E-state index in [-0.39, 0.29) is 11.2 Å². The third kappa shape index (κ3) is 5.70. The van der Waals surface area contributed by atoms with Gasteiger partial charge >= 0.3 is 0 Å². The maximum absolute atomic E-state index is 10.7. The van der Waals surface area contributed by atoms with Crippen molar-refractivity contribution in [2.24, 2.45) is 0 Å². The molecule has 0 unspecified atom stereocenters. The van der Waals surface area contributed by atoms with Crippen molar-refractivity contribution < 1.29 is 9.66 Å². The van der Waals surface area contributed by atoms with Gasteiger partial charge in [-0.25, -0.2) is 0 Å². The summed E-state index contributed by atoms with van der Waals surface area (Å²) in [5.41, 5.74) is 1.07. The highest BCUT2D eigenvalue weighted by atomic mass is 16.6. The lowest BCUT2D eigenvalue weighted by atomic mass is 10.1. The minimum atomic E-state index is -0.409. The molecule has 1 aromatic carbocycles. The molecule has 5 heteroatoms. The van der Waals surface area contributed by atoms with Crippen molar-refractivity contribution in [2.75, 3.05) is 13.2 Å². The van der Waals surface area contributed by atoms with Crippen molar-refractivity contribution in [3.8, 4) is 5.75 Å². The van der Waals surface area contributed by atoms with Crippen LogP contribution in [0.5, 0.6) is 5.75 Å². The molecule has 0 fully saturated rings. The fourth-order valence-electron chi connectivity index (χ4n) is 1.58. The maximum atomic E-state index is 10.7. The first-order chi connectivity index (χ1) is 8.79. The van der Waals surface area contributed by atoms with Gasteiger partial charge in [0.1, 0.15) is 5.75 Å². The third-order valence-corrected chi connectivity index (χ3v) is 2.62. The zero-order valence-corrected chi connectivity index (χ0v) is 12.0. The second-order valence-electron chi connectivity index (χ2n) is 5.59. The highest BCUT2D eigenvalue weighted by Gasteiger charge is 2.10. The van der Waals surface area contributed by atoms with Crippen LogP contribution in [0.2, 0.25) is 0 Å². The van der Waals surface area contributed by atoms with E-state index in [0.29, 0.717) is 12.4 Å². The molecule has 0 bridgehead atoms. The van der Waals surface area contributed by atoms with Crippen LogP contribution >= 0.6 is 0 Å². The van der Waals surface area contributed by atoms with Crippen molar-refractivity contribution >= 4 is 5.69 Å². The lowest BCUT2D eigenvalue weighted by Crippen LogP contribution is -2.36. The Morgan fingerprint density at radius 1 is 1.37 bits per heavy atom. The van der Waals surface area contributed by atoms with Crippen molar-refractivity contribution in [3.63, 3.8) is 0 Å². The molecule has 19 heavy (non-hydrogen) atoms. The fraction of sp³-hybridized carbons (Fsp3) is 0.571. The van der Waals surface area contributed by atoms with Gasteiger partial charge in [-0.3, -0.25) is 10.1 Å². The van der Waals surface area contributed by atoms with Gasteiger partial charge in [-0.1, -0.05) is 0 Å². The van der Waals surface area contributed by atoms with Gasteiger partial charge in [-0.2, -0.15) is 0 Å². The minimum Gasteiger partial charge on any atom is -0.493 e. The number of hydrogen-bond donors (Lipinski definition) is 1. The van der Waals surface area contributed by atoms with Gasteiger partial charge < -0.3 is 10.1 Å². The zero-order valence-electron chi connectivity index (χ0n) is 12.0. The van der Waals surface area contributed by atoms with E-state index in [0.717, 1.165) is 18.5 Å². The lowest BCUT2D eigenvalue weighted by Gasteiger charge is -2.20. The summed E-state index contributed by atoms with van der Waals surface area (Å²) in [4.78, 5) is 10.3. The molecular formula is C14H22N2O3. The van der Waals surface area contributed by atoms with Crippen LogP contribution in [0.1, 0.15) is 32.8 Å². The monoisotopic (exact) mass is 266 g/mol. The average molecular weight is 266 g/mol. The van der Waals surface area contributed by atoms with Crippen LogP contribution in [-0.4, -0.2) is 23.6 Å². The summed E-state index contributed by atoms with van der Waals surface area (Å²) in [5.74, 6) is 0.588. The second-order valence-corrected chi connectivity index (χ2v) is 5.59. The molecule has 106 valence electrons. The molecule has 0 aliphatic rings. The fourth-order valence-corrected chi connectivity index (χ4v) is 1.58. The summed E-state index contributed by atoms with van der Waals surface area (Å²) in [6.45, 7) is 9.62. The van der Waals surface area contributed by atoms with Crippen molar-refractivity contribution in [3.05, 3.63) is 33.9 Å². The zero-order chi connectivity index (χ0) is 14.5. The number of hydrogen-bond acceptors (Lipinski definition) is 4. The van der Waals surface area contributed by atoms with E-state index in [2.05, 4.69) is 26.1 Å². The Balaban J connectivity index is 2.45. The molecule has 0 radical (unpaired) electrons. The molecule has 1 aromatic rings. The number of benzene rings is 1. The summed E-state index contributed by atoms with van der Waals surface area (Å²) in [7, 11) is 0. The van der Waals surface area contributed by atoms with Gasteiger partial charge in [0.15, 0.2) is 0 Å². The van der Waals surface area contributed by atoms with E-state index >= 15 is 0 Å². The predicted octanol–water partition coefficient (Wildman–Crippen LogP) is 3.06. The van der Waals surface area contributed by atoms with Crippen LogP contribution in [0, 0.1) is 17.0 Å². The summed E-state index contributed by atoms with van der Waals surface area (Å²) in [6.07, 6.45) is 0.861. The van der Waals surface area contributed by atoms with Gasteiger partial charge in [0.05, 0.1) is 17.6 Å². The number of nitrogens with zero attached hydrogens (tertiary/aromatic N) is 1. The number of nitro groups is 1. The van der Waals surface area contributed by atoms with Gasteiger partial charge in [-0.15, -0.1) is 0 Å². The summed E-state index contributed by atoms with van der Waals surface area (Å²) >= 11 is 0. The molecular weight excluding hydrogens is 244 g/mol. The normalized spacial score (nSPS) is 11.4. The smallest absolute Gasteiger partial charge is 0.273 e. The topological polar surface area (TPSA) is 64.4 Å². The molecule has 0 saturated heterocycles. The van der Waals surface area contributed by atoms with Crippen LogP contribution in [0.3, 0.4) is 0 Å². The summed E-state index contributed by atoms with van der Waals surface area (Å²) in [5, 5.41) is 14.1. The van der Waals surface area contributed by atoms with Crippen molar-refractivity contribution in [2.45, 2.75) is 39.7 Å². The van der Waals surface area contributed by atoms with E-state index in [1.165, 1.54) is 12.1 Å². The predicted molar refractivity (Wildman–Crippen MR) is 75.7 cm³/mol. The highest BCUT2D eigenvalue weighted by molar-refractivity contribution is 5.43. The first-order valence-electron chi connectivity index (χ1n) is 6.42. The summed E-state index contributed by atoms with van der Waals surface area (Å²) < 4.78 is 5.60. The van der Waals surface area contributed by atoms with E-state index in [1.54, 1.807) is 6.07 Å². The Bertz CT molecular complexity index is 439. The Morgan fingerprint density at radius 2 is 2.05 bits per heavy atom. The van der Waals surface area contributed by atoms with Crippen LogP contribution < -0.4 is 10.1 Å². The van der Waals surface area contributed by atoms with Crippen LogP contribution in [0.25, 0.3) is 0 Å². The standard InChI is InChI=1S/C14H22N2O3/c1-11-6-7-12(16(17)18)10-13(11)19-9-5-8-15-14(2,3)4/h6-7,10,15H,5,8-9H2,1-4H3. The molecule has 0 saturated carbocycles. The van der Waals surface area contributed by atoms with E-state index in [1.807, 2.05) is 6.92 Å². The van der Waals surface area contributed by atoms with Gasteiger partial charge in [0.25, 0.3) is 5.69 Å². The molecule has 0 atom stereocenters. The molecule has 0 amide bonds. The summed E-state index contributed by atoms with van der Waals surface area (Å²) in [6, 6.07) is 4.68. The Morgan fingerprint density at radius 3 is 2.63 bits per heavy atom. The Kier molecular flexibility index (Phi) is 5.30. The highest BCUT2D eigenvalue weighted by Crippen LogP contribution is 2.24. The van der Waals surface area contributed by atoms with Crippen LogP contribution in [0.15, 0.2) is 18.2 Å². The first kappa shape index (κ1) is 15.4. The van der Waals surface area contributed by atoms with E-state index < -0.39 is 4.92 Å². The Hall–Kier alpha value is -1.62. The molecule has 0 aromatic heterocycles. The van der Waals surface area contributed by atoms with Gasteiger partial charge in [-0.05, 0) is 52.3 Å². The minimum absolute atomic E-state index is 0.0633. The van der Waals surface area contributed by atoms with Gasteiger partial charge in [0, 0.05) is 11.6 Å². The second kappa shape index (κ2) is 6.52. The maximum Gasteiger partial charge on any atom is 0.273 e.